The second-order valence-corrected chi connectivity index (χ2v) is 7.97. The van der Waals surface area contributed by atoms with E-state index in [2.05, 4.69) is 28.6 Å². The Morgan fingerprint density at radius 2 is 1.77 bits per heavy atom. The molecule has 0 spiro atoms. The molecule has 3 aromatic carbocycles. The van der Waals surface area contributed by atoms with E-state index in [9.17, 15) is 5.11 Å². The highest BCUT2D eigenvalue weighted by molar-refractivity contribution is 7.13. The number of phenols is 1. The van der Waals surface area contributed by atoms with Gasteiger partial charge in [0.1, 0.15) is 17.1 Å². The van der Waals surface area contributed by atoms with Crippen LogP contribution in [0.25, 0.3) is 32.5 Å². The highest BCUT2D eigenvalue weighted by Crippen LogP contribution is 2.44. The van der Waals surface area contributed by atoms with Crippen molar-refractivity contribution in [3.05, 3.63) is 89.8 Å². The van der Waals surface area contributed by atoms with Crippen LogP contribution in [0.5, 0.6) is 11.5 Å². The third kappa shape index (κ3) is 3.71. The van der Waals surface area contributed by atoms with Crippen molar-refractivity contribution in [1.29, 1.82) is 0 Å². The molecule has 0 aliphatic rings. The van der Waals surface area contributed by atoms with Gasteiger partial charge in [0.2, 0.25) is 5.88 Å². The molecule has 5 aromatic rings. The third-order valence-corrected chi connectivity index (χ3v) is 6.00. The first kappa shape index (κ1) is 19.2. The minimum Gasteiger partial charge on any atom is -0.507 e. The lowest BCUT2D eigenvalue weighted by atomic mass is 10.0. The van der Waals surface area contributed by atoms with Crippen molar-refractivity contribution in [2.24, 2.45) is 4.99 Å². The van der Waals surface area contributed by atoms with Gasteiger partial charge in [-0.2, -0.15) is 0 Å². The fourth-order valence-corrected chi connectivity index (χ4v) is 4.31. The molecule has 31 heavy (non-hydrogen) atoms. The molecule has 0 amide bonds. The number of phenolic OH excluding ortho intramolecular Hbond substituents is 1. The van der Waals surface area contributed by atoms with E-state index in [1.807, 2.05) is 48.5 Å². The van der Waals surface area contributed by atoms with Crippen LogP contribution < -0.4 is 4.74 Å². The average molecular weight is 426 g/mol. The second kappa shape index (κ2) is 8.13. The van der Waals surface area contributed by atoms with Gasteiger partial charge in [-0.1, -0.05) is 42.5 Å². The lowest BCUT2D eigenvalue weighted by Gasteiger charge is -2.04. The number of ether oxygens (including phenoxy) is 1. The molecule has 5 heteroatoms. The number of aliphatic imine (C=N–C) groups is 1. The molecule has 0 fully saturated rings. The zero-order chi connectivity index (χ0) is 21.2. The number of rotatable bonds is 5. The minimum absolute atomic E-state index is 0.160. The number of thiophene rings is 1. The zero-order valence-electron chi connectivity index (χ0n) is 16.8. The van der Waals surface area contributed by atoms with Crippen molar-refractivity contribution in [3.8, 4) is 33.1 Å². The van der Waals surface area contributed by atoms with Gasteiger partial charge < -0.3 is 14.3 Å². The molecule has 0 aliphatic carbocycles. The van der Waals surface area contributed by atoms with E-state index in [4.69, 9.17) is 9.15 Å². The number of hydrogen-bond acceptors (Lipinski definition) is 5. The normalized spacial score (nSPS) is 11.4. The Balaban J connectivity index is 1.60. The molecule has 0 saturated carbocycles. The zero-order valence-corrected chi connectivity index (χ0v) is 17.6. The highest BCUT2D eigenvalue weighted by Gasteiger charge is 2.18. The van der Waals surface area contributed by atoms with Gasteiger partial charge in [-0.05, 0) is 58.5 Å². The van der Waals surface area contributed by atoms with Crippen LogP contribution in [0, 0.1) is 0 Å². The summed E-state index contributed by atoms with van der Waals surface area (Å²) in [6.07, 6.45) is 1.79. The Bertz CT molecular complexity index is 1370. The Morgan fingerprint density at radius 1 is 0.935 bits per heavy atom. The summed E-state index contributed by atoms with van der Waals surface area (Å²) in [7, 11) is 1.63. The van der Waals surface area contributed by atoms with Gasteiger partial charge in [0.15, 0.2) is 0 Å². The molecule has 0 unspecified atom stereocenters. The summed E-state index contributed by atoms with van der Waals surface area (Å²) >= 11 is 1.71. The number of benzene rings is 3. The fourth-order valence-electron chi connectivity index (χ4n) is 3.58. The number of furan rings is 1. The predicted molar refractivity (Wildman–Crippen MR) is 127 cm³/mol. The molecule has 0 radical (unpaired) electrons. The van der Waals surface area contributed by atoms with Crippen molar-refractivity contribution in [3.63, 3.8) is 0 Å². The van der Waals surface area contributed by atoms with E-state index in [1.54, 1.807) is 36.8 Å². The smallest absolute Gasteiger partial charge is 0.228 e. The van der Waals surface area contributed by atoms with Gasteiger partial charge in [0.25, 0.3) is 0 Å². The monoisotopic (exact) mass is 425 g/mol. The van der Waals surface area contributed by atoms with Gasteiger partial charge in [-0.3, -0.25) is 0 Å². The molecule has 0 bridgehead atoms. The van der Waals surface area contributed by atoms with Gasteiger partial charge in [0, 0.05) is 11.1 Å². The predicted octanol–water partition coefficient (Wildman–Crippen LogP) is 7.29. The Morgan fingerprint density at radius 3 is 2.55 bits per heavy atom. The molecule has 0 aliphatic heterocycles. The van der Waals surface area contributed by atoms with Crippen LogP contribution >= 0.6 is 11.3 Å². The van der Waals surface area contributed by atoms with Crippen LogP contribution in [0.3, 0.4) is 0 Å². The van der Waals surface area contributed by atoms with Gasteiger partial charge in [0.05, 0.1) is 18.1 Å². The topological polar surface area (TPSA) is 55.0 Å². The van der Waals surface area contributed by atoms with Crippen molar-refractivity contribution in [1.82, 2.24) is 0 Å². The molecule has 2 heterocycles. The fraction of sp³-hybridized carbons (Fsp3) is 0.0385. The first-order valence-corrected chi connectivity index (χ1v) is 10.7. The van der Waals surface area contributed by atoms with E-state index >= 15 is 0 Å². The Hall–Kier alpha value is -3.83. The lowest BCUT2D eigenvalue weighted by Crippen LogP contribution is -1.84. The van der Waals surface area contributed by atoms with Crippen LogP contribution in [0.15, 0.2) is 93.7 Å². The molecule has 0 saturated heterocycles. The molecule has 4 nitrogen and oxygen atoms in total. The van der Waals surface area contributed by atoms with E-state index in [-0.39, 0.29) is 5.75 Å². The molecule has 0 atom stereocenters. The molecular formula is C26H19NO3S. The maximum Gasteiger partial charge on any atom is 0.228 e. The highest BCUT2D eigenvalue weighted by atomic mass is 32.1. The van der Waals surface area contributed by atoms with E-state index in [1.165, 1.54) is 4.88 Å². The molecule has 1 N–H and O–H groups in total. The Labute approximate surface area is 183 Å². The maximum absolute atomic E-state index is 10.5. The standard InChI is InChI=1S/C26H19NO3S/c1-29-20-12-10-18(11-13-20)24-25-21(28)7-3-8-22(25)30-26(24)27-16-17-5-2-6-19(15-17)23-9-4-14-31-23/h2-16,28H,1H3/b27-16+. The summed E-state index contributed by atoms with van der Waals surface area (Å²) in [4.78, 5) is 5.88. The van der Waals surface area contributed by atoms with Crippen LogP contribution in [0.1, 0.15) is 5.56 Å². The first-order valence-electron chi connectivity index (χ1n) is 9.80. The lowest BCUT2D eigenvalue weighted by molar-refractivity contribution is 0.415. The van der Waals surface area contributed by atoms with Crippen molar-refractivity contribution in [2.75, 3.05) is 7.11 Å². The summed E-state index contributed by atoms with van der Waals surface area (Å²) < 4.78 is 11.3. The molecule has 152 valence electrons. The van der Waals surface area contributed by atoms with Crippen LogP contribution in [0.2, 0.25) is 0 Å². The third-order valence-electron chi connectivity index (χ3n) is 5.08. The number of methoxy groups -OCH3 is 1. The minimum atomic E-state index is 0.160. The van der Waals surface area contributed by atoms with Crippen molar-refractivity contribution in [2.45, 2.75) is 0 Å². The number of fused-ring (bicyclic) bond motifs is 1. The van der Waals surface area contributed by atoms with E-state index < -0.39 is 0 Å². The van der Waals surface area contributed by atoms with Crippen molar-refractivity contribution >= 4 is 34.4 Å². The summed E-state index contributed by atoms with van der Waals surface area (Å²) in [5, 5.41) is 13.2. The molecule has 5 rings (SSSR count). The van der Waals surface area contributed by atoms with Gasteiger partial charge in [-0.15, -0.1) is 11.3 Å². The maximum atomic E-state index is 10.5. The number of aromatic hydroxyl groups is 1. The van der Waals surface area contributed by atoms with Crippen LogP contribution in [-0.2, 0) is 0 Å². The summed E-state index contributed by atoms with van der Waals surface area (Å²) in [5.74, 6) is 1.37. The van der Waals surface area contributed by atoms with Crippen LogP contribution in [0.4, 0.5) is 5.88 Å². The Kier molecular flexibility index (Phi) is 5.02. The largest absolute Gasteiger partial charge is 0.507 e. The van der Waals surface area contributed by atoms with Gasteiger partial charge >= 0.3 is 0 Å². The molecular weight excluding hydrogens is 406 g/mol. The SMILES string of the molecule is COc1ccc(-c2c(/N=C/c3cccc(-c4cccs4)c3)oc3cccc(O)c23)cc1. The number of nitrogens with zero attached hydrogens (tertiary/aromatic N) is 1. The second-order valence-electron chi connectivity index (χ2n) is 7.02. The van der Waals surface area contributed by atoms with Gasteiger partial charge in [-0.25, -0.2) is 4.99 Å². The summed E-state index contributed by atoms with van der Waals surface area (Å²) in [6, 6.07) is 25.2. The van der Waals surface area contributed by atoms with E-state index in [0.717, 1.165) is 28.0 Å². The molecule has 2 aromatic heterocycles. The summed E-state index contributed by atoms with van der Waals surface area (Å²) in [5.41, 5.74) is 4.35. The number of hydrogen-bond donors (Lipinski definition) is 1. The van der Waals surface area contributed by atoms with E-state index in [0.29, 0.717) is 16.9 Å². The van der Waals surface area contributed by atoms with Crippen LogP contribution in [-0.4, -0.2) is 18.4 Å². The summed E-state index contributed by atoms with van der Waals surface area (Å²) in [6.45, 7) is 0. The average Bonchev–Trinajstić information content (AvgIpc) is 3.47. The quantitative estimate of drug-likeness (QED) is 0.301. The van der Waals surface area contributed by atoms with Crippen molar-refractivity contribution < 1.29 is 14.3 Å². The first-order chi connectivity index (χ1) is 15.2.